The predicted molar refractivity (Wildman–Crippen MR) is 75.7 cm³/mol. The third-order valence-corrected chi connectivity index (χ3v) is 3.93. The van der Waals surface area contributed by atoms with Crippen LogP contribution in [0.2, 0.25) is 0 Å². The second-order valence-corrected chi connectivity index (χ2v) is 5.70. The van der Waals surface area contributed by atoms with Crippen LogP contribution in [0.4, 0.5) is 0 Å². The number of rotatable bonds is 7. The Morgan fingerprint density at radius 3 is 2.61 bits per heavy atom. The van der Waals surface area contributed by atoms with Gasteiger partial charge in [-0.1, -0.05) is 25.1 Å². The summed E-state index contributed by atoms with van der Waals surface area (Å²) in [6, 6.07) is 10.0. The summed E-state index contributed by atoms with van der Waals surface area (Å²) in [4.78, 5) is 12.9. The Balaban J connectivity index is 2.30. The van der Waals surface area contributed by atoms with Gasteiger partial charge in [-0.15, -0.1) is 11.8 Å². The average Bonchev–Trinajstić information content (AvgIpc) is 2.40. The Labute approximate surface area is 113 Å². The van der Waals surface area contributed by atoms with Gasteiger partial charge in [-0.2, -0.15) is 0 Å². The van der Waals surface area contributed by atoms with Crippen molar-refractivity contribution < 1.29 is 9.90 Å². The van der Waals surface area contributed by atoms with Gasteiger partial charge < -0.3 is 10.4 Å². The topological polar surface area (TPSA) is 49.3 Å². The van der Waals surface area contributed by atoms with Crippen molar-refractivity contribution in [2.24, 2.45) is 0 Å². The van der Waals surface area contributed by atoms with Crippen molar-refractivity contribution in [3.63, 3.8) is 0 Å². The molecule has 1 aromatic rings. The Kier molecular flexibility index (Phi) is 6.22. The maximum absolute atomic E-state index is 11.7. The quantitative estimate of drug-likeness (QED) is 0.746. The van der Waals surface area contributed by atoms with E-state index in [0.717, 1.165) is 12.2 Å². The molecule has 3 nitrogen and oxygen atoms in total. The van der Waals surface area contributed by atoms with E-state index in [0.29, 0.717) is 6.42 Å². The number of carbonyl (C=O) groups is 1. The molecule has 0 aliphatic heterocycles. The fraction of sp³-hybridized carbons (Fsp3) is 0.500. The van der Waals surface area contributed by atoms with Crippen LogP contribution in [0.5, 0.6) is 0 Å². The van der Waals surface area contributed by atoms with Gasteiger partial charge in [-0.25, -0.2) is 0 Å². The number of aliphatic hydroxyl groups excluding tert-OH is 1. The van der Waals surface area contributed by atoms with E-state index in [1.54, 1.807) is 11.8 Å². The molecule has 18 heavy (non-hydrogen) atoms. The summed E-state index contributed by atoms with van der Waals surface area (Å²) in [5.74, 6) is 0.748. The zero-order valence-corrected chi connectivity index (χ0v) is 11.8. The van der Waals surface area contributed by atoms with Crippen LogP contribution in [-0.2, 0) is 4.79 Å². The summed E-state index contributed by atoms with van der Waals surface area (Å²) in [7, 11) is 0. The summed E-state index contributed by atoms with van der Waals surface area (Å²) in [6.07, 6.45) is 1.19. The summed E-state index contributed by atoms with van der Waals surface area (Å²) in [5.41, 5.74) is -0.492. The standard InChI is InChI=1S/C14H21NO2S/c1-3-14(2,11-16)15-13(17)9-10-18-12-7-5-4-6-8-12/h4-8,16H,3,9-11H2,1-2H3,(H,15,17). The zero-order chi connectivity index (χ0) is 13.4. The van der Waals surface area contributed by atoms with Crippen LogP contribution < -0.4 is 5.32 Å². The van der Waals surface area contributed by atoms with Crippen LogP contribution in [0, 0.1) is 0 Å². The third kappa shape index (κ3) is 5.10. The van der Waals surface area contributed by atoms with E-state index in [1.807, 2.05) is 44.2 Å². The lowest BCUT2D eigenvalue weighted by molar-refractivity contribution is -0.123. The normalized spacial score (nSPS) is 13.9. The molecule has 1 unspecified atom stereocenters. The Morgan fingerprint density at radius 2 is 2.06 bits per heavy atom. The molecule has 0 radical (unpaired) electrons. The predicted octanol–water partition coefficient (Wildman–Crippen LogP) is 2.45. The summed E-state index contributed by atoms with van der Waals surface area (Å²) >= 11 is 1.67. The van der Waals surface area contributed by atoms with Gasteiger partial charge in [0.1, 0.15) is 0 Å². The van der Waals surface area contributed by atoms with Crippen molar-refractivity contribution in [2.45, 2.75) is 37.1 Å². The maximum Gasteiger partial charge on any atom is 0.221 e. The van der Waals surface area contributed by atoms with Gasteiger partial charge in [0.25, 0.3) is 0 Å². The number of thioether (sulfide) groups is 1. The summed E-state index contributed by atoms with van der Waals surface area (Å²) in [6.45, 7) is 3.78. The molecule has 0 heterocycles. The first-order valence-corrected chi connectivity index (χ1v) is 7.18. The van der Waals surface area contributed by atoms with Crippen LogP contribution >= 0.6 is 11.8 Å². The van der Waals surface area contributed by atoms with Gasteiger partial charge in [0.15, 0.2) is 0 Å². The highest BCUT2D eigenvalue weighted by Crippen LogP contribution is 2.18. The minimum atomic E-state index is -0.492. The Bertz CT molecular complexity index is 363. The Morgan fingerprint density at radius 1 is 1.39 bits per heavy atom. The van der Waals surface area contributed by atoms with E-state index >= 15 is 0 Å². The number of carbonyl (C=O) groups excluding carboxylic acids is 1. The average molecular weight is 267 g/mol. The molecule has 0 aliphatic carbocycles. The molecule has 2 N–H and O–H groups in total. The van der Waals surface area contributed by atoms with Gasteiger partial charge in [0, 0.05) is 17.1 Å². The van der Waals surface area contributed by atoms with Crippen LogP contribution in [0.3, 0.4) is 0 Å². The van der Waals surface area contributed by atoms with Crippen molar-refractivity contribution in [1.82, 2.24) is 5.32 Å². The fourth-order valence-corrected chi connectivity index (χ4v) is 2.29. The van der Waals surface area contributed by atoms with Crippen LogP contribution in [0.15, 0.2) is 35.2 Å². The summed E-state index contributed by atoms with van der Waals surface area (Å²) < 4.78 is 0. The molecule has 0 saturated heterocycles. The van der Waals surface area contributed by atoms with Gasteiger partial charge in [-0.3, -0.25) is 4.79 Å². The van der Waals surface area contributed by atoms with Gasteiger partial charge in [0.05, 0.1) is 12.1 Å². The number of hydrogen-bond donors (Lipinski definition) is 2. The van der Waals surface area contributed by atoms with Gasteiger partial charge >= 0.3 is 0 Å². The van der Waals surface area contributed by atoms with Crippen LogP contribution in [-0.4, -0.2) is 28.9 Å². The molecule has 0 aromatic heterocycles. The lowest BCUT2D eigenvalue weighted by Crippen LogP contribution is -2.48. The highest BCUT2D eigenvalue weighted by molar-refractivity contribution is 7.99. The van der Waals surface area contributed by atoms with E-state index in [1.165, 1.54) is 4.90 Å². The number of amides is 1. The molecule has 0 bridgehead atoms. The molecular formula is C14H21NO2S. The Hall–Kier alpha value is -1.00. The van der Waals surface area contributed by atoms with E-state index in [9.17, 15) is 9.90 Å². The maximum atomic E-state index is 11.7. The lowest BCUT2D eigenvalue weighted by Gasteiger charge is -2.27. The highest BCUT2D eigenvalue weighted by Gasteiger charge is 2.22. The monoisotopic (exact) mass is 267 g/mol. The van der Waals surface area contributed by atoms with E-state index < -0.39 is 5.54 Å². The molecule has 0 fully saturated rings. The minimum absolute atomic E-state index is 0.00293. The molecule has 4 heteroatoms. The smallest absolute Gasteiger partial charge is 0.221 e. The van der Waals surface area contributed by atoms with E-state index in [2.05, 4.69) is 5.32 Å². The molecule has 0 saturated carbocycles. The van der Waals surface area contributed by atoms with Crippen molar-refractivity contribution in [3.8, 4) is 0 Å². The molecular weight excluding hydrogens is 246 g/mol. The van der Waals surface area contributed by atoms with Crippen LogP contribution in [0.1, 0.15) is 26.7 Å². The first-order valence-electron chi connectivity index (χ1n) is 6.19. The van der Waals surface area contributed by atoms with Gasteiger partial charge in [-0.05, 0) is 25.5 Å². The molecule has 1 amide bonds. The second kappa shape index (κ2) is 7.44. The first-order chi connectivity index (χ1) is 8.59. The molecule has 1 rings (SSSR count). The second-order valence-electron chi connectivity index (χ2n) is 4.53. The van der Waals surface area contributed by atoms with Crippen molar-refractivity contribution in [3.05, 3.63) is 30.3 Å². The highest BCUT2D eigenvalue weighted by atomic mass is 32.2. The number of hydrogen-bond acceptors (Lipinski definition) is 3. The minimum Gasteiger partial charge on any atom is -0.394 e. The SMILES string of the molecule is CCC(C)(CO)NC(=O)CCSc1ccccc1. The number of benzene rings is 1. The largest absolute Gasteiger partial charge is 0.394 e. The van der Waals surface area contributed by atoms with Gasteiger partial charge in [0.2, 0.25) is 5.91 Å². The van der Waals surface area contributed by atoms with E-state index in [-0.39, 0.29) is 12.5 Å². The number of aliphatic hydroxyl groups is 1. The third-order valence-electron chi connectivity index (χ3n) is 2.91. The van der Waals surface area contributed by atoms with E-state index in [4.69, 9.17) is 0 Å². The fourth-order valence-electron chi connectivity index (χ4n) is 1.42. The first kappa shape index (κ1) is 15.1. The molecule has 1 atom stereocenters. The molecule has 0 aliphatic rings. The molecule has 100 valence electrons. The zero-order valence-electron chi connectivity index (χ0n) is 11.0. The number of nitrogens with one attached hydrogen (secondary N) is 1. The molecule has 0 spiro atoms. The van der Waals surface area contributed by atoms with Crippen molar-refractivity contribution in [1.29, 1.82) is 0 Å². The van der Waals surface area contributed by atoms with Crippen LogP contribution in [0.25, 0.3) is 0 Å². The van der Waals surface area contributed by atoms with Crippen molar-refractivity contribution >= 4 is 17.7 Å². The van der Waals surface area contributed by atoms with Crippen molar-refractivity contribution in [2.75, 3.05) is 12.4 Å². The molecule has 1 aromatic carbocycles. The lowest BCUT2D eigenvalue weighted by atomic mass is 10.0. The summed E-state index contributed by atoms with van der Waals surface area (Å²) in [5, 5.41) is 12.1.